The lowest BCUT2D eigenvalue weighted by Gasteiger charge is -2.28. The van der Waals surface area contributed by atoms with E-state index >= 15 is 0 Å². The molecule has 1 nitrogen and oxygen atoms in total. The summed E-state index contributed by atoms with van der Waals surface area (Å²) in [6.45, 7) is 10.0. The van der Waals surface area contributed by atoms with Crippen molar-refractivity contribution in [3.63, 3.8) is 0 Å². The molecule has 0 aliphatic carbocycles. The number of hydrogen-bond acceptors (Lipinski definition) is 2. The van der Waals surface area contributed by atoms with Crippen LogP contribution in [0.4, 0.5) is 0 Å². The van der Waals surface area contributed by atoms with Gasteiger partial charge in [-0.25, -0.2) is 0 Å². The lowest BCUT2D eigenvalue weighted by Crippen LogP contribution is -2.37. The molecule has 2 aromatic rings. The van der Waals surface area contributed by atoms with E-state index in [4.69, 9.17) is 0 Å². The fourth-order valence-corrected chi connectivity index (χ4v) is 2.70. The number of rotatable bonds is 3. The monoisotopic (exact) mass is 247 g/mol. The molecule has 1 atom stereocenters. The Labute approximate surface area is 108 Å². The predicted octanol–water partition coefficient (Wildman–Crippen LogP) is 4.43. The van der Waals surface area contributed by atoms with Crippen LogP contribution in [0.1, 0.15) is 33.3 Å². The Morgan fingerprint density at radius 1 is 1.24 bits per heavy atom. The Morgan fingerprint density at radius 2 is 1.94 bits per heavy atom. The van der Waals surface area contributed by atoms with Gasteiger partial charge < -0.3 is 5.32 Å². The molecule has 0 spiro atoms. The highest BCUT2D eigenvalue weighted by Gasteiger charge is 2.19. The quantitative estimate of drug-likeness (QED) is 0.846. The Kier molecular flexibility index (Phi) is 3.55. The van der Waals surface area contributed by atoms with Crippen molar-refractivity contribution < 1.29 is 0 Å². The van der Waals surface area contributed by atoms with Crippen LogP contribution in [0.3, 0.4) is 0 Å². The second-order valence-corrected chi connectivity index (χ2v) is 6.64. The summed E-state index contributed by atoms with van der Waals surface area (Å²) >= 11 is 1.83. The molecule has 0 saturated heterocycles. The molecule has 1 aromatic heterocycles. The summed E-state index contributed by atoms with van der Waals surface area (Å²) in [4.78, 5) is 0. The van der Waals surface area contributed by atoms with Gasteiger partial charge in [0.25, 0.3) is 0 Å². The molecule has 0 aliphatic rings. The minimum Gasteiger partial charge on any atom is -0.310 e. The zero-order valence-corrected chi connectivity index (χ0v) is 11.9. The van der Waals surface area contributed by atoms with Crippen LogP contribution < -0.4 is 5.32 Å². The highest BCUT2D eigenvalue weighted by atomic mass is 32.1. The standard InChI is InChI=1S/C15H21NS/c1-11(15(2,3)4)16-9-12-10-17-14-8-6-5-7-13(12)14/h5-8,10-11,16H,9H2,1-4H3. The number of nitrogens with one attached hydrogen (secondary N) is 1. The summed E-state index contributed by atoms with van der Waals surface area (Å²) in [6.07, 6.45) is 0. The van der Waals surface area contributed by atoms with Gasteiger partial charge in [0.05, 0.1) is 0 Å². The van der Waals surface area contributed by atoms with Gasteiger partial charge in [0.15, 0.2) is 0 Å². The van der Waals surface area contributed by atoms with Crippen molar-refractivity contribution in [3.05, 3.63) is 35.2 Å². The van der Waals surface area contributed by atoms with Crippen molar-refractivity contribution in [2.24, 2.45) is 5.41 Å². The Hall–Kier alpha value is -0.860. The van der Waals surface area contributed by atoms with Crippen molar-refractivity contribution in [1.82, 2.24) is 5.32 Å². The second-order valence-electron chi connectivity index (χ2n) is 5.73. The predicted molar refractivity (Wildman–Crippen MR) is 77.6 cm³/mol. The Bertz CT molecular complexity index is 493. The van der Waals surface area contributed by atoms with Gasteiger partial charge in [-0.15, -0.1) is 11.3 Å². The van der Waals surface area contributed by atoms with E-state index < -0.39 is 0 Å². The first kappa shape index (κ1) is 12.6. The van der Waals surface area contributed by atoms with E-state index in [1.807, 2.05) is 11.3 Å². The van der Waals surface area contributed by atoms with E-state index in [1.165, 1.54) is 15.6 Å². The summed E-state index contributed by atoms with van der Waals surface area (Å²) in [7, 11) is 0. The summed E-state index contributed by atoms with van der Waals surface area (Å²) in [5.41, 5.74) is 1.73. The number of benzene rings is 1. The molecule has 0 bridgehead atoms. The first-order valence-corrected chi connectivity index (χ1v) is 7.05. The summed E-state index contributed by atoms with van der Waals surface area (Å²) in [6, 6.07) is 9.14. The topological polar surface area (TPSA) is 12.0 Å². The van der Waals surface area contributed by atoms with Crippen LogP contribution in [0.2, 0.25) is 0 Å². The van der Waals surface area contributed by atoms with Crippen LogP contribution >= 0.6 is 11.3 Å². The summed E-state index contributed by atoms with van der Waals surface area (Å²) < 4.78 is 1.38. The highest BCUT2D eigenvalue weighted by Crippen LogP contribution is 2.26. The van der Waals surface area contributed by atoms with Crippen LogP contribution in [0.5, 0.6) is 0 Å². The molecular weight excluding hydrogens is 226 g/mol. The van der Waals surface area contributed by atoms with E-state index in [0.29, 0.717) is 11.5 Å². The smallest absolute Gasteiger partial charge is 0.0346 e. The number of fused-ring (bicyclic) bond motifs is 1. The van der Waals surface area contributed by atoms with E-state index in [2.05, 4.69) is 62.7 Å². The van der Waals surface area contributed by atoms with Crippen LogP contribution in [0.15, 0.2) is 29.6 Å². The molecule has 1 aromatic carbocycles. The SMILES string of the molecule is CC(NCc1csc2ccccc12)C(C)(C)C. The minimum atomic E-state index is 0.311. The van der Waals surface area contributed by atoms with Gasteiger partial charge in [-0.2, -0.15) is 0 Å². The maximum Gasteiger partial charge on any atom is 0.0346 e. The largest absolute Gasteiger partial charge is 0.310 e. The molecule has 17 heavy (non-hydrogen) atoms. The molecular formula is C15H21NS. The van der Waals surface area contributed by atoms with Gasteiger partial charge in [0.1, 0.15) is 0 Å². The molecule has 0 aliphatic heterocycles. The Morgan fingerprint density at radius 3 is 2.65 bits per heavy atom. The zero-order valence-electron chi connectivity index (χ0n) is 11.1. The van der Waals surface area contributed by atoms with Crippen molar-refractivity contribution in [1.29, 1.82) is 0 Å². The van der Waals surface area contributed by atoms with Crippen molar-refractivity contribution in [2.45, 2.75) is 40.3 Å². The lowest BCUT2D eigenvalue weighted by atomic mass is 9.88. The first-order valence-electron chi connectivity index (χ1n) is 6.17. The third kappa shape index (κ3) is 2.88. The van der Waals surface area contributed by atoms with Crippen molar-refractivity contribution in [3.8, 4) is 0 Å². The maximum absolute atomic E-state index is 3.62. The molecule has 0 fully saturated rings. The molecule has 0 saturated carbocycles. The fourth-order valence-electron chi connectivity index (χ4n) is 1.74. The van der Waals surface area contributed by atoms with E-state index in [1.54, 1.807) is 0 Å². The van der Waals surface area contributed by atoms with Gasteiger partial charge in [0, 0.05) is 17.3 Å². The average Bonchev–Trinajstić information content (AvgIpc) is 2.68. The summed E-state index contributed by atoms with van der Waals surface area (Å²) in [5.74, 6) is 0. The second kappa shape index (κ2) is 4.79. The van der Waals surface area contributed by atoms with E-state index in [0.717, 1.165) is 6.54 Å². The highest BCUT2D eigenvalue weighted by molar-refractivity contribution is 7.17. The Balaban J connectivity index is 2.09. The van der Waals surface area contributed by atoms with Gasteiger partial charge >= 0.3 is 0 Å². The third-order valence-corrected chi connectivity index (χ3v) is 4.47. The van der Waals surface area contributed by atoms with Crippen molar-refractivity contribution >= 4 is 21.4 Å². The lowest BCUT2D eigenvalue weighted by molar-refractivity contribution is 0.285. The molecule has 2 heteroatoms. The van der Waals surface area contributed by atoms with E-state index in [9.17, 15) is 0 Å². The number of thiophene rings is 1. The van der Waals surface area contributed by atoms with E-state index in [-0.39, 0.29) is 0 Å². The van der Waals surface area contributed by atoms with Crippen LogP contribution in [0.25, 0.3) is 10.1 Å². The summed E-state index contributed by atoms with van der Waals surface area (Å²) in [5, 5.41) is 7.29. The van der Waals surface area contributed by atoms with Gasteiger partial charge in [-0.1, -0.05) is 39.0 Å². The molecule has 92 valence electrons. The molecule has 0 radical (unpaired) electrons. The van der Waals surface area contributed by atoms with Crippen molar-refractivity contribution in [2.75, 3.05) is 0 Å². The van der Waals surface area contributed by atoms with Gasteiger partial charge in [-0.05, 0) is 34.7 Å². The normalized spacial score (nSPS) is 14.1. The van der Waals surface area contributed by atoms with Crippen LogP contribution in [-0.4, -0.2) is 6.04 Å². The molecule has 0 amide bonds. The first-order chi connectivity index (χ1) is 7.98. The molecule has 1 heterocycles. The minimum absolute atomic E-state index is 0.311. The third-order valence-electron chi connectivity index (χ3n) is 3.46. The van der Waals surface area contributed by atoms with Gasteiger partial charge in [0.2, 0.25) is 0 Å². The average molecular weight is 247 g/mol. The molecule has 1 N–H and O–H groups in total. The molecule has 2 rings (SSSR count). The number of hydrogen-bond donors (Lipinski definition) is 1. The fraction of sp³-hybridized carbons (Fsp3) is 0.467. The van der Waals surface area contributed by atoms with Crippen LogP contribution in [-0.2, 0) is 6.54 Å². The van der Waals surface area contributed by atoms with Crippen LogP contribution in [0, 0.1) is 5.41 Å². The maximum atomic E-state index is 3.62. The zero-order chi connectivity index (χ0) is 12.5. The molecule has 1 unspecified atom stereocenters. The van der Waals surface area contributed by atoms with Gasteiger partial charge in [-0.3, -0.25) is 0 Å².